The van der Waals surface area contributed by atoms with E-state index in [1.54, 1.807) is 0 Å². The van der Waals surface area contributed by atoms with E-state index in [9.17, 15) is 0 Å². The van der Waals surface area contributed by atoms with E-state index >= 15 is 0 Å². The summed E-state index contributed by atoms with van der Waals surface area (Å²) in [5, 5.41) is 0.734. The summed E-state index contributed by atoms with van der Waals surface area (Å²) < 4.78 is 0. The molecule has 0 spiro atoms. The maximum atomic E-state index is 5.86. The fourth-order valence-corrected chi connectivity index (χ4v) is 2.26. The van der Waals surface area contributed by atoms with Crippen molar-refractivity contribution in [1.82, 2.24) is 9.97 Å². The number of nitrogens with zero attached hydrogens (tertiary/aromatic N) is 2. The Morgan fingerprint density at radius 3 is 2.06 bits per heavy atom. The maximum absolute atomic E-state index is 5.86. The summed E-state index contributed by atoms with van der Waals surface area (Å²) in [5.41, 5.74) is 2.33. The van der Waals surface area contributed by atoms with Crippen LogP contribution in [0.1, 0.15) is 24.3 Å². The molecule has 0 aliphatic heterocycles. The van der Waals surface area contributed by atoms with Crippen molar-refractivity contribution in [2.24, 2.45) is 0 Å². The van der Waals surface area contributed by atoms with Crippen molar-refractivity contribution in [2.75, 3.05) is 0 Å². The van der Waals surface area contributed by atoms with Crippen molar-refractivity contribution in [1.29, 1.82) is 0 Å². The van der Waals surface area contributed by atoms with Gasteiger partial charge in [-0.25, -0.2) is 9.97 Å². The number of rotatable bonds is 2. The normalized spacial score (nSPS) is 14.9. The monoisotopic (exact) mass is 264 g/mol. The molecule has 1 heterocycles. The molecular formula is C13H10Cl2N2. The lowest BCUT2D eigenvalue weighted by atomic mass is 10.1. The Morgan fingerprint density at radius 1 is 0.941 bits per heavy atom. The van der Waals surface area contributed by atoms with E-state index < -0.39 is 0 Å². The van der Waals surface area contributed by atoms with Crippen molar-refractivity contribution >= 4 is 23.2 Å². The Kier molecular flexibility index (Phi) is 2.77. The molecule has 1 aromatic carbocycles. The van der Waals surface area contributed by atoms with Crippen LogP contribution in [0.2, 0.25) is 10.3 Å². The molecule has 0 unspecified atom stereocenters. The van der Waals surface area contributed by atoms with E-state index in [0.29, 0.717) is 16.1 Å². The third kappa shape index (κ3) is 2.43. The first-order valence-electron chi connectivity index (χ1n) is 5.53. The summed E-state index contributed by atoms with van der Waals surface area (Å²) in [5.74, 6) is 1.33. The molecule has 0 saturated heterocycles. The molecule has 0 atom stereocenters. The molecule has 1 aliphatic rings. The molecule has 1 saturated carbocycles. The summed E-state index contributed by atoms with van der Waals surface area (Å²) in [6.45, 7) is 0. The van der Waals surface area contributed by atoms with Gasteiger partial charge >= 0.3 is 0 Å². The third-order valence-corrected chi connectivity index (χ3v) is 3.27. The Bertz CT molecular complexity index is 528. The van der Waals surface area contributed by atoms with Crippen LogP contribution in [0.3, 0.4) is 0 Å². The first-order chi connectivity index (χ1) is 8.22. The molecule has 1 aliphatic carbocycles. The molecule has 1 fully saturated rings. The molecule has 0 bridgehead atoms. The van der Waals surface area contributed by atoms with Gasteiger partial charge in [0, 0.05) is 11.6 Å². The lowest BCUT2D eigenvalue weighted by Crippen LogP contribution is -1.90. The van der Waals surface area contributed by atoms with Gasteiger partial charge < -0.3 is 0 Å². The van der Waals surface area contributed by atoms with Crippen LogP contribution in [0.4, 0.5) is 0 Å². The maximum Gasteiger partial charge on any atom is 0.162 e. The second kappa shape index (κ2) is 4.28. The zero-order valence-corrected chi connectivity index (χ0v) is 10.5. The molecule has 0 N–H and O–H groups in total. The number of halogens is 2. The minimum Gasteiger partial charge on any atom is -0.216 e. The van der Waals surface area contributed by atoms with E-state index in [4.69, 9.17) is 23.2 Å². The van der Waals surface area contributed by atoms with Gasteiger partial charge in [-0.3, -0.25) is 0 Å². The van der Waals surface area contributed by atoms with Crippen LogP contribution < -0.4 is 0 Å². The highest BCUT2D eigenvalue weighted by Gasteiger charge is 2.23. The highest BCUT2D eigenvalue weighted by Crippen LogP contribution is 2.40. The number of aromatic nitrogens is 2. The van der Waals surface area contributed by atoms with Crippen LogP contribution in [-0.2, 0) is 0 Å². The van der Waals surface area contributed by atoms with E-state index in [1.165, 1.54) is 24.5 Å². The lowest BCUT2D eigenvalue weighted by Gasteiger charge is -2.03. The fourth-order valence-electron chi connectivity index (χ4n) is 1.84. The largest absolute Gasteiger partial charge is 0.216 e. The number of benzene rings is 1. The van der Waals surface area contributed by atoms with Gasteiger partial charge in [0.2, 0.25) is 0 Å². The molecule has 17 heavy (non-hydrogen) atoms. The molecule has 0 radical (unpaired) electrons. The molecule has 86 valence electrons. The molecular weight excluding hydrogens is 255 g/mol. The van der Waals surface area contributed by atoms with Crippen molar-refractivity contribution in [3.8, 4) is 11.4 Å². The Labute approximate surface area is 110 Å². The second-order valence-corrected chi connectivity index (χ2v) is 5.01. The van der Waals surface area contributed by atoms with Crippen molar-refractivity contribution in [3.05, 3.63) is 46.2 Å². The molecule has 0 amide bonds. The summed E-state index contributed by atoms with van der Waals surface area (Å²) in [7, 11) is 0. The van der Waals surface area contributed by atoms with Crippen molar-refractivity contribution in [2.45, 2.75) is 18.8 Å². The standard InChI is InChI=1S/C13H10Cl2N2/c14-11-7-12(15)17-13(16-11)10-5-3-9(4-6-10)8-1-2-8/h3-8H,1-2H2. The first-order valence-corrected chi connectivity index (χ1v) is 6.28. The number of hydrogen-bond donors (Lipinski definition) is 0. The van der Waals surface area contributed by atoms with E-state index in [0.717, 1.165) is 11.5 Å². The SMILES string of the molecule is Clc1cc(Cl)nc(-c2ccc(C3CC3)cc2)n1. The Balaban J connectivity index is 1.96. The van der Waals surface area contributed by atoms with Gasteiger partial charge in [0.15, 0.2) is 5.82 Å². The minimum atomic E-state index is 0.367. The summed E-state index contributed by atoms with van der Waals surface area (Å²) in [4.78, 5) is 8.33. The molecule has 1 aromatic heterocycles. The van der Waals surface area contributed by atoms with Gasteiger partial charge in [-0.2, -0.15) is 0 Å². The van der Waals surface area contributed by atoms with Crippen molar-refractivity contribution < 1.29 is 0 Å². The van der Waals surface area contributed by atoms with Gasteiger partial charge in [-0.1, -0.05) is 47.5 Å². The van der Waals surface area contributed by atoms with Crippen molar-refractivity contribution in [3.63, 3.8) is 0 Å². The molecule has 2 nitrogen and oxygen atoms in total. The van der Waals surface area contributed by atoms with E-state index in [-0.39, 0.29) is 0 Å². The van der Waals surface area contributed by atoms with Crippen LogP contribution >= 0.6 is 23.2 Å². The summed E-state index contributed by atoms with van der Waals surface area (Å²) >= 11 is 11.7. The smallest absolute Gasteiger partial charge is 0.162 e. The minimum absolute atomic E-state index is 0.367. The number of hydrogen-bond acceptors (Lipinski definition) is 2. The zero-order valence-electron chi connectivity index (χ0n) is 9.03. The van der Waals surface area contributed by atoms with Gasteiger partial charge in [-0.05, 0) is 24.3 Å². The quantitative estimate of drug-likeness (QED) is 0.755. The second-order valence-electron chi connectivity index (χ2n) is 4.23. The van der Waals surface area contributed by atoms with E-state index in [2.05, 4.69) is 22.1 Å². The first kappa shape index (κ1) is 11.0. The predicted molar refractivity (Wildman–Crippen MR) is 69.5 cm³/mol. The van der Waals surface area contributed by atoms with Crippen LogP contribution in [-0.4, -0.2) is 9.97 Å². The molecule has 2 aromatic rings. The highest BCUT2D eigenvalue weighted by atomic mass is 35.5. The summed E-state index contributed by atoms with van der Waals surface area (Å²) in [6.07, 6.45) is 2.61. The Morgan fingerprint density at radius 2 is 1.53 bits per heavy atom. The van der Waals surface area contributed by atoms with Crippen LogP contribution in [0.5, 0.6) is 0 Å². The zero-order chi connectivity index (χ0) is 11.8. The molecule has 4 heteroatoms. The predicted octanol–water partition coefficient (Wildman–Crippen LogP) is 4.33. The lowest BCUT2D eigenvalue weighted by molar-refractivity contribution is 1.12. The summed E-state index contributed by atoms with van der Waals surface area (Å²) in [6, 6.07) is 9.84. The third-order valence-electron chi connectivity index (χ3n) is 2.88. The average molecular weight is 265 g/mol. The van der Waals surface area contributed by atoms with Gasteiger partial charge in [0.05, 0.1) is 0 Å². The average Bonchev–Trinajstić information content (AvgIpc) is 3.12. The van der Waals surface area contributed by atoms with Gasteiger partial charge in [-0.15, -0.1) is 0 Å². The van der Waals surface area contributed by atoms with Gasteiger partial charge in [0.25, 0.3) is 0 Å². The Hall–Kier alpha value is -1.12. The van der Waals surface area contributed by atoms with Crippen LogP contribution in [0.25, 0.3) is 11.4 Å². The fraction of sp³-hybridized carbons (Fsp3) is 0.231. The van der Waals surface area contributed by atoms with Gasteiger partial charge in [0.1, 0.15) is 10.3 Å². The van der Waals surface area contributed by atoms with Crippen LogP contribution in [0.15, 0.2) is 30.3 Å². The highest BCUT2D eigenvalue weighted by molar-refractivity contribution is 6.33. The topological polar surface area (TPSA) is 25.8 Å². The molecule has 3 rings (SSSR count). The van der Waals surface area contributed by atoms with Crippen LogP contribution in [0, 0.1) is 0 Å². The van der Waals surface area contributed by atoms with E-state index in [1.807, 2.05) is 12.1 Å².